The molecule has 0 aliphatic rings. The van der Waals surface area contributed by atoms with Gasteiger partial charge in [-0.1, -0.05) is 39.7 Å². The number of hydrogen-bond donors (Lipinski definition) is 0. The maximum atomic E-state index is 6.00. The van der Waals surface area contributed by atoms with Crippen molar-refractivity contribution in [1.82, 2.24) is 0 Å². The molecule has 0 atom stereocenters. The summed E-state index contributed by atoms with van der Waals surface area (Å²) in [5.74, 6) is 1.72. The van der Waals surface area contributed by atoms with Crippen LogP contribution in [0.4, 0.5) is 0 Å². The third-order valence-electron chi connectivity index (χ3n) is 2.72. The molecule has 0 aromatic heterocycles. The van der Waals surface area contributed by atoms with Crippen LogP contribution in [0.2, 0.25) is 5.02 Å². The van der Waals surface area contributed by atoms with Crippen LogP contribution in [0, 0.1) is 13.8 Å². The van der Waals surface area contributed by atoms with Crippen LogP contribution in [0.3, 0.4) is 0 Å². The van der Waals surface area contributed by atoms with Crippen molar-refractivity contribution in [3.63, 3.8) is 0 Å². The molecular formula is C15H14BrClO. The second kappa shape index (κ2) is 5.77. The van der Waals surface area contributed by atoms with E-state index in [2.05, 4.69) is 15.9 Å². The summed E-state index contributed by atoms with van der Waals surface area (Å²) in [6.07, 6.45) is 0. The van der Waals surface area contributed by atoms with Gasteiger partial charge in [0.1, 0.15) is 11.5 Å². The van der Waals surface area contributed by atoms with E-state index in [9.17, 15) is 0 Å². The Morgan fingerprint density at radius 3 is 2.11 bits per heavy atom. The fourth-order valence-corrected chi connectivity index (χ4v) is 2.52. The first-order valence-corrected chi connectivity index (χ1v) is 7.19. The number of hydrogen-bond acceptors (Lipinski definition) is 1. The minimum absolute atomic E-state index is 0.743. The van der Waals surface area contributed by atoms with Gasteiger partial charge < -0.3 is 4.74 Å². The summed E-state index contributed by atoms with van der Waals surface area (Å²) in [6, 6.07) is 11.9. The molecule has 0 bridgehead atoms. The average molecular weight is 326 g/mol. The smallest absolute Gasteiger partial charge is 0.133 e. The maximum Gasteiger partial charge on any atom is 0.133 e. The lowest BCUT2D eigenvalue weighted by Gasteiger charge is -2.12. The Hall–Kier alpha value is -0.990. The zero-order valence-corrected chi connectivity index (χ0v) is 12.7. The van der Waals surface area contributed by atoms with E-state index in [-0.39, 0.29) is 0 Å². The van der Waals surface area contributed by atoms with Crippen LogP contribution in [0.25, 0.3) is 0 Å². The average Bonchev–Trinajstić information content (AvgIpc) is 2.34. The molecule has 2 aromatic carbocycles. The standard InChI is InChI=1S/C15H14BrClO/c1-10-7-13(17)8-11(2)15(10)18-14-5-3-12(9-16)4-6-14/h3-8H,9H2,1-2H3. The summed E-state index contributed by atoms with van der Waals surface area (Å²) in [7, 11) is 0. The highest BCUT2D eigenvalue weighted by atomic mass is 79.9. The lowest BCUT2D eigenvalue weighted by molar-refractivity contribution is 0.475. The van der Waals surface area contributed by atoms with E-state index in [4.69, 9.17) is 16.3 Å². The van der Waals surface area contributed by atoms with Crippen LogP contribution in [-0.2, 0) is 5.33 Å². The summed E-state index contributed by atoms with van der Waals surface area (Å²) in [5, 5.41) is 1.60. The maximum absolute atomic E-state index is 6.00. The van der Waals surface area contributed by atoms with Crippen molar-refractivity contribution < 1.29 is 4.74 Å². The number of aryl methyl sites for hydroxylation is 2. The van der Waals surface area contributed by atoms with Crippen LogP contribution in [-0.4, -0.2) is 0 Å². The minimum Gasteiger partial charge on any atom is -0.457 e. The van der Waals surface area contributed by atoms with Gasteiger partial charge in [-0.2, -0.15) is 0 Å². The topological polar surface area (TPSA) is 9.23 Å². The van der Waals surface area contributed by atoms with Gasteiger partial charge >= 0.3 is 0 Å². The highest BCUT2D eigenvalue weighted by molar-refractivity contribution is 9.08. The molecule has 0 amide bonds. The fourth-order valence-electron chi connectivity index (χ4n) is 1.82. The van der Waals surface area contributed by atoms with Gasteiger partial charge in [-0.05, 0) is 54.8 Å². The molecule has 0 N–H and O–H groups in total. The number of benzene rings is 2. The van der Waals surface area contributed by atoms with Gasteiger partial charge in [0.25, 0.3) is 0 Å². The van der Waals surface area contributed by atoms with Crippen LogP contribution >= 0.6 is 27.5 Å². The first-order valence-electron chi connectivity index (χ1n) is 5.69. The Labute approximate surface area is 121 Å². The number of rotatable bonds is 3. The quantitative estimate of drug-likeness (QED) is 0.663. The zero-order valence-electron chi connectivity index (χ0n) is 10.3. The summed E-state index contributed by atoms with van der Waals surface area (Å²) in [5.41, 5.74) is 3.32. The molecule has 1 nitrogen and oxygen atoms in total. The van der Waals surface area contributed by atoms with E-state index in [1.807, 2.05) is 50.2 Å². The van der Waals surface area contributed by atoms with Crippen LogP contribution in [0.5, 0.6) is 11.5 Å². The predicted molar refractivity (Wildman–Crippen MR) is 80.1 cm³/mol. The molecule has 0 unspecified atom stereocenters. The molecule has 0 aliphatic carbocycles. The molecule has 0 radical (unpaired) electrons. The normalized spacial score (nSPS) is 10.4. The molecule has 0 fully saturated rings. The van der Waals surface area contributed by atoms with E-state index in [0.717, 1.165) is 33.0 Å². The van der Waals surface area contributed by atoms with Crippen molar-refractivity contribution in [3.05, 3.63) is 58.1 Å². The van der Waals surface area contributed by atoms with Crippen LogP contribution in [0.15, 0.2) is 36.4 Å². The van der Waals surface area contributed by atoms with Gasteiger partial charge in [0.15, 0.2) is 0 Å². The van der Waals surface area contributed by atoms with Gasteiger partial charge in [0.2, 0.25) is 0 Å². The van der Waals surface area contributed by atoms with Crippen molar-refractivity contribution in [2.75, 3.05) is 0 Å². The first-order chi connectivity index (χ1) is 8.60. The van der Waals surface area contributed by atoms with Gasteiger partial charge in [-0.25, -0.2) is 0 Å². The van der Waals surface area contributed by atoms with Gasteiger partial charge in [0.05, 0.1) is 0 Å². The molecule has 0 spiro atoms. The molecule has 0 heterocycles. The number of ether oxygens (including phenoxy) is 1. The molecule has 0 aliphatic heterocycles. The minimum atomic E-state index is 0.743. The Morgan fingerprint density at radius 1 is 1.06 bits per heavy atom. The van der Waals surface area contributed by atoms with Crippen molar-refractivity contribution in [3.8, 4) is 11.5 Å². The molecule has 3 heteroatoms. The molecule has 2 aromatic rings. The second-order valence-corrected chi connectivity index (χ2v) is 5.25. The van der Waals surface area contributed by atoms with E-state index in [0.29, 0.717) is 0 Å². The number of alkyl halides is 1. The van der Waals surface area contributed by atoms with Crippen LogP contribution < -0.4 is 4.74 Å². The summed E-state index contributed by atoms with van der Waals surface area (Å²) >= 11 is 9.43. The largest absolute Gasteiger partial charge is 0.457 e. The van der Waals surface area contributed by atoms with Gasteiger partial charge in [-0.15, -0.1) is 0 Å². The SMILES string of the molecule is Cc1cc(Cl)cc(C)c1Oc1ccc(CBr)cc1. The van der Waals surface area contributed by atoms with Crippen LogP contribution in [0.1, 0.15) is 16.7 Å². The van der Waals surface area contributed by atoms with Crippen molar-refractivity contribution in [1.29, 1.82) is 0 Å². The highest BCUT2D eigenvalue weighted by Crippen LogP contribution is 2.31. The highest BCUT2D eigenvalue weighted by Gasteiger charge is 2.07. The lowest BCUT2D eigenvalue weighted by atomic mass is 10.1. The second-order valence-electron chi connectivity index (χ2n) is 4.25. The van der Waals surface area contributed by atoms with E-state index in [1.54, 1.807) is 0 Å². The molecule has 0 saturated carbocycles. The van der Waals surface area contributed by atoms with Crippen molar-refractivity contribution in [2.45, 2.75) is 19.2 Å². The summed E-state index contributed by atoms with van der Waals surface area (Å²) < 4.78 is 5.92. The molecule has 2 rings (SSSR count). The predicted octanol–water partition coefficient (Wildman–Crippen LogP) is 5.64. The summed E-state index contributed by atoms with van der Waals surface area (Å²) in [4.78, 5) is 0. The van der Waals surface area contributed by atoms with Crippen molar-refractivity contribution >= 4 is 27.5 Å². The van der Waals surface area contributed by atoms with E-state index in [1.165, 1.54) is 5.56 Å². The Balaban J connectivity index is 2.28. The number of halogens is 2. The van der Waals surface area contributed by atoms with E-state index >= 15 is 0 Å². The summed E-state index contributed by atoms with van der Waals surface area (Å²) in [6.45, 7) is 4.00. The Morgan fingerprint density at radius 2 is 1.61 bits per heavy atom. The Bertz CT molecular complexity index is 526. The molecule has 94 valence electrons. The fraction of sp³-hybridized carbons (Fsp3) is 0.200. The molecular weight excluding hydrogens is 312 g/mol. The molecule has 0 saturated heterocycles. The van der Waals surface area contributed by atoms with Crippen molar-refractivity contribution in [2.24, 2.45) is 0 Å². The van der Waals surface area contributed by atoms with E-state index < -0.39 is 0 Å². The third kappa shape index (κ3) is 3.06. The zero-order chi connectivity index (χ0) is 13.1. The first kappa shape index (κ1) is 13.4. The van der Waals surface area contributed by atoms with Gasteiger partial charge in [-0.3, -0.25) is 0 Å². The lowest BCUT2D eigenvalue weighted by Crippen LogP contribution is -1.91. The Kier molecular flexibility index (Phi) is 4.31. The molecule has 18 heavy (non-hydrogen) atoms. The van der Waals surface area contributed by atoms with Gasteiger partial charge in [0, 0.05) is 10.4 Å². The monoisotopic (exact) mass is 324 g/mol. The third-order valence-corrected chi connectivity index (χ3v) is 3.59.